The minimum Gasteiger partial charge on any atom is -0.465 e. The molecule has 4 nitrogen and oxygen atoms in total. The quantitative estimate of drug-likeness (QED) is 0.655. The van der Waals surface area contributed by atoms with Crippen molar-refractivity contribution in [3.8, 4) is 0 Å². The largest absolute Gasteiger partial charge is 0.465 e. The molecule has 1 aromatic heterocycles. The van der Waals surface area contributed by atoms with Crippen LogP contribution in [0.2, 0.25) is 0 Å². The Hall–Kier alpha value is -2.01. The molecule has 0 radical (unpaired) electrons. The number of benzene rings is 1. The van der Waals surface area contributed by atoms with E-state index in [9.17, 15) is 4.79 Å². The van der Waals surface area contributed by atoms with Gasteiger partial charge in [0.15, 0.2) is 0 Å². The molecule has 0 aliphatic heterocycles. The average molecular weight is 290 g/mol. The average Bonchev–Trinajstić information content (AvgIpc) is 2.93. The highest BCUT2D eigenvalue weighted by atomic mass is 32.1. The van der Waals surface area contributed by atoms with E-state index in [0.717, 1.165) is 12.1 Å². The van der Waals surface area contributed by atoms with Crippen molar-refractivity contribution in [2.45, 2.75) is 19.9 Å². The third-order valence-electron chi connectivity index (χ3n) is 2.97. The van der Waals surface area contributed by atoms with Gasteiger partial charge >= 0.3 is 5.97 Å². The highest BCUT2D eigenvalue weighted by molar-refractivity contribution is 7.12. The Kier molecular flexibility index (Phi) is 4.63. The van der Waals surface area contributed by atoms with Crippen LogP contribution in [0.4, 0.5) is 11.4 Å². The number of aryl methyl sites for hydroxylation is 1. The van der Waals surface area contributed by atoms with Crippen LogP contribution in [-0.4, -0.2) is 13.1 Å². The maximum Gasteiger partial charge on any atom is 0.340 e. The predicted molar refractivity (Wildman–Crippen MR) is 83.2 cm³/mol. The van der Waals surface area contributed by atoms with E-state index < -0.39 is 0 Å². The number of carbonyl (C=O) groups is 1. The summed E-state index contributed by atoms with van der Waals surface area (Å²) in [5, 5.41) is 3.26. The fourth-order valence-corrected chi connectivity index (χ4v) is 2.78. The Morgan fingerprint density at radius 3 is 2.70 bits per heavy atom. The van der Waals surface area contributed by atoms with E-state index in [1.54, 1.807) is 29.5 Å². The standard InChI is InChI=1S/C15H18N2O2S/c1-3-11-5-6-12(20-11)9-17-14-7-4-10(16)8-13(14)15(18)19-2/h4-8,17H,3,9,16H2,1-2H3. The van der Waals surface area contributed by atoms with Gasteiger partial charge in [-0.05, 0) is 36.8 Å². The van der Waals surface area contributed by atoms with E-state index in [1.807, 2.05) is 0 Å². The van der Waals surface area contributed by atoms with Gasteiger partial charge < -0.3 is 15.8 Å². The second-order valence-electron chi connectivity index (χ2n) is 4.37. The van der Waals surface area contributed by atoms with E-state index in [4.69, 9.17) is 10.5 Å². The fourth-order valence-electron chi connectivity index (χ4n) is 1.88. The number of nitrogen functional groups attached to an aromatic ring is 1. The molecule has 0 saturated heterocycles. The summed E-state index contributed by atoms with van der Waals surface area (Å²) in [4.78, 5) is 14.3. The van der Waals surface area contributed by atoms with Gasteiger partial charge in [0.05, 0.1) is 12.7 Å². The van der Waals surface area contributed by atoms with Crippen LogP contribution in [0.25, 0.3) is 0 Å². The summed E-state index contributed by atoms with van der Waals surface area (Å²) < 4.78 is 4.77. The normalized spacial score (nSPS) is 10.3. The molecule has 0 unspecified atom stereocenters. The lowest BCUT2D eigenvalue weighted by Crippen LogP contribution is -2.08. The van der Waals surface area contributed by atoms with E-state index >= 15 is 0 Å². The van der Waals surface area contributed by atoms with Gasteiger partial charge in [0.1, 0.15) is 0 Å². The number of anilines is 2. The van der Waals surface area contributed by atoms with E-state index in [2.05, 4.69) is 24.4 Å². The van der Waals surface area contributed by atoms with Crippen LogP contribution in [0.5, 0.6) is 0 Å². The molecular formula is C15H18N2O2S. The molecule has 2 rings (SSSR count). The molecule has 0 amide bonds. The summed E-state index contributed by atoms with van der Waals surface area (Å²) in [7, 11) is 1.36. The van der Waals surface area contributed by atoms with Crippen molar-refractivity contribution < 1.29 is 9.53 Å². The molecular weight excluding hydrogens is 272 g/mol. The monoisotopic (exact) mass is 290 g/mol. The van der Waals surface area contributed by atoms with Gasteiger partial charge in [0.2, 0.25) is 0 Å². The molecule has 0 spiro atoms. The summed E-state index contributed by atoms with van der Waals surface area (Å²) in [6.45, 7) is 2.82. The molecule has 0 aliphatic rings. The minimum atomic E-state index is -0.389. The van der Waals surface area contributed by atoms with E-state index in [-0.39, 0.29) is 5.97 Å². The van der Waals surface area contributed by atoms with Crippen molar-refractivity contribution in [3.63, 3.8) is 0 Å². The molecule has 0 aliphatic carbocycles. The molecule has 3 N–H and O–H groups in total. The topological polar surface area (TPSA) is 64.3 Å². The molecule has 106 valence electrons. The molecule has 5 heteroatoms. The van der Waals surface area contributed by atoms with Crippen molar-refractivity contribution in [1.29, 1.82) is 0 Å². The molecule has 0 fully saturated rings. The SMILES string of the molecule is CCc1ccc(CNc2ccc(N)cc2C(=O)OC)s1. The summed E-state index contributed by atoms with van der Waals surface area (Å²) in [6.07, 6.45) is 1.04. The zero-order valence-corrected chi connectivity index (χ0v) is 12.4. The van der Waals surface area contributed by atoms with Gasteiger partial charge in [-0.3, -0.25) is 0 Å². The maximum atomic E-state index is 11.7. The first-order valence-electron chi connectivity index (χ1n) is 6.43. The number of hydrogen-bond donors (Lipinski definition) is 2. The lowest BCUT2D eigenvalue weighted by Gasteiger charge is -2.10. The van der Waals surface area contributed by atoms with E-state index in [1.165, 1.54) is 16.9 Å². The van der Waals surface area contributed by atoms with Crippen molar-refractivity contribution in [2.75, 3.05) is 18.2 Å². The van der Waals surface area contributed by atoms with Crippen LogP contribution in [0.1, 0.15) is 27.0 Å². The number of ether oxygens (including phenoxy) is 1. The van der Waals surface area contributed by atoms with Gasteiger partial charge in [-0.25, -0.2) is 4.79 Å². The molecule has 20 heavy (non-hydrogen) atoms. The zero-order chi connectivity index (χ0) is 14.5. The number of nitrogens with two attached hydrogens (primary N) is 1. The van der Waals surface area contributed by atoms with Crippen molar-refractivity contribution >= 4 is 28.7 Å². The highest BCUT2D eigenvalue weighted by Crippen LogP contribution is 2.23. The summed E-state index contributed by atoms with van der Waals surface area (Å²) in [6, 6.07) is 9.42. The zero-order valence-electron chi connectivity index (χ0n) is 11.6. The second kappa shape index (κ2) is 6.43. The fraction of sp³-hybridized carbons (Fsp3) is 0.267. The van der Waals surface area contributed by atoms with Crippen molar-refractivity contribution in [3.05, 3.63) is 45.6 Å². The summed E-state index contributed by atoms with van der Waals surface area (Å²) >= 11 is 1.77. The van der Waals surface area contributed by atoms with Crippen LogP contribution < -0.4 is 11.1 Å². The number of carbonyl (C=O) groups excluding carboxylic acids is 1. The van der Waals surface area contributed by atoms with Crippen LogP contribution in [0.15, 0.2) is 30.3 Å². The van der Waals surface area contributed by atoms with Crippen LogP contribution in [0, 0.1) is 0 Å². The van der Waals surface area contributed by atoms with Gasteiger partial charge in [-0.15, -0.1) is 11.3 Å². The Labute approximate surface area is 122 Å². The molecule has 0 saturated carbocycles. The smallest absolute Gasteiger partial charge is 0.340 e. The Morgan fingerprint density at radius 2 is 2.05 bits per heavy atom. The number of hydrogen-bond acceptors (Lipinski definition) is 5. The third-order valence-corrected chi connectivity index (χ3v) is 4.20. The Bertz CT molecular complexity index is 608. The first-order chi connectivity index (χ1) is 9.63. The van der Waals surface area contributed by atoms with Crippen LogP contribution >= 0.6 is 11.3 Å². The number of nitrogens with one attached hydrogen (secondary N) is 1. The van der Waals surface area contributed by atoms with Gasteiger partial charge in [0.25, 0.3) is 0 Å². The Balaban J connectivity index is 2.14. The van der Waals surface area contributed by atoms with Crippen LogP contribution in [0.3, 0.4) is 0 Å². The van der Waals surface area contributed by atoms with Gasteiger partial charge in [0, 0.05) is 27.7 Å². The minimum absolute atomic E-state index is 0.389. The van der Waals surface area contributed by atoms with E-state index in [0.29, 0.717) is 17.8 Å². The predicted octanol–water partition coefficient (Wildman–Crippen LogP) is 3.29. The van der Waals surface area contributed by atoms with Crippen molar-refractivity contribution in [2.24, 2.45) is 0 Å². The second-order valence-corrected chi connectivity index (χ2v) is 5.62. The molecule has 2 aromatic rings. The number of esters is 1. The maximum absolute atomic E-state index is 11.7. The highest BCUT2D eigenvalue weighted by Gasteiger charge is 2.12. The molecule has 1 aromatic carbocycles. The summed E-state index contributed by atoms with van der Waals surface area (Å²) in [5.74, 6) is -0.389. The lowest BCUT2D eigenvalue weighted by molar-refractivity contribution is 0.0602. The van der Waals surface area contributed by atoms with Crippen molar-refractivity contribution in [1.82, 2.24) is 0 Å². The number of thiophene rings is 1. The first-order valence-corrected chi connectivity index (χ1v) is 7.25. The number of methoxy groups -OCH3 is 1. The third kappa shape index (κ3) is 3.30. The molecule has 0 atom stereocenters. The van der Waals surface area contributed by atoms with Gasteiger partial charge in [-0.2, -0.15) is 0 Å². The summed E-state index contributed by atoms with van der Waals surface area (Å²) in [5.41, 5.74) is 7.45. The lowest BCUT2D eigenvalue weighted by atomic mass is 10.1. The van der Waals surface area contributed by atoms with Crippen LogP contribution in [-0.2, 0) is 17.7 Å². The van der Waals surface area contributed by atoms with Gasteiger partial charge in [-0.1, -0.05) is 6.92 Å². The molecule has 1 heterocycles. The Morgan fingerprint density at radius 1 is 1.30 bits per heavy atom. The first kappa shape index (κ1) is 14.4. The molecule has 0 bridgehead atoms. The number of rotatable bonds is 5.